The highest BCUT2D eigenvalue weighted by atomic mass is 16.5. The zero-order valence-corrected chi connectivity index (χ0v) is 14.9. The van der Waals surface area contributed by atoms with Crippen LogP contribution >= 0.6 is 0 Å². The summed E-state index contributed by atoms with van der Waals surface area (Å²) in [4.78, 5) is 2.53. The monoisotopic (exact) mass is 322 g/mol. The van der Waals surface area contributed by atoms with E-state index < -0.39 is 0 Å². The fourth-order valence-electron chi connectivity index (χ4n) is 4.01. The van der Waals surface area contributed by atoms with E-state index in [1.54, 1.807) is 0 Å². The first kappa shape index (κ1) is 16.9. The zero-order valence-electron chi connectivity index (χ0n) is 14.9. The first-order valence-electron chi connectivity index (χ1n) is 8.87. The van der Waals surface area contributed by atoms with Crippen LogP contribution in [0.15, 0.2) is 4.52 Å². The molecule has 0 bridgehead atoms. The molecule has 2 unspecified atom stereocenters. The third-order valence-electron chi connectivity index (χ3n) is 5.33. The van der Waals surface area contributed by atoms with E-state index in [0.29, 0.717) is 6.10 Å². The van der Waals surface area contributed by atoms with E-state index >= 15 is 0 Å². The summed E-state index contributed by atoms with van der Waals surface area (Å²) in [5, 5.41) is 4.09. The van der Waals surface area contributed by atoms with E-state index in [4.69, 9.17) is 14.0 Å². The van der Waals surface area contributed by atoms with Gasteiger partial charge in [-0.3, -0.25) is 4.90 Å². The molecule has 23 heavy (non-hydrogen) atoms. The highest BCUT2D eigenvalue weighted by Crippen LogP contribution is 2.41. The van der Waals surface area contributed by atoms with Gasteiger partial charge in [0.05, 0.1) is 24.5 Å². The molecule has 2 aliphatic heterocycles. The number of hydrogen-bond acceptors (Lipinski definition) is 5. The molecule has 0 amide bonds. The van der Waals surface area contributed by atoms with Gasteiger partial charge >= 0.3 is 0 Å². The van der Waals surface area contributed by atoms with Crippen LogP contribution in [0.4, 0.5) is 0 Å². The van der Waals surface area contributed by atoms with Crippen LogP contribution in [0.1, 0.15) is 50.1 Å². The maximum absolute atomic E-state index is 6.11. The Morgan fingerprint density at radius 1 is 1.39 bits per heavy atom. The van der Waals surface area contributed by atoms with E-state index in [9.17, 15) is 0 Å². The van der Waals surface area contributed by atoms with Crippen molar-refractivity contribution in [1.82, 2.24) is 10.1 Å². The molecule has 2 atom stereocenters. The minimum Gasteiger partial charge on any atom is -0.378 e. The van der Waals surface area contributed by atoms with Gasteiger partial charge in [-0.15, -0.1) is 0 Å². The van der Waals surface area contributed by atoms with Gasteiger partial charge in [-0.1, -0.05) is 5.16 Å². The average molecular weight is 322 g/mol. The van der Waals surface area contributed by atoms with Gasteiger partial charge < -0.3 is 14.0 Å². The molecule has 5 heteroatoms. The van der Waals surface area contributed by atoms with E-state index in [0.717, 1.165) is 57.1 Å². The van der Waals surface area contributed by atoms with Crippen molar-refractivity contribution in [1.29, 1.82) is 0 Å². The van der Waals surface area contributed by atoms with Crippen molar-refractivity contribution in [3.8, 4) is 0 Å². The number of aryl methyl sites for hydroxylation is 2. The topological polar surface area (TPSA) is 47.7 Å². The number of fused-ring (bicyclic) bond motifs is 1. The minimum absolute atomic E-state index is 0.139. The largest absolute Gasteiger partial charge is 0.378 e. The molecule has 2 aliphatic rings. The van der Waals surface area contributed by atoms with Gasteiger partial charge in [0, 0.05) is 37.2 Å². The Kier molecular flexibility index (Phi) is 5.09. The smallest absolute Gasteiger partial charge is 0.138 e. The third-order valence-corrected chi connectivity index (χ3v) is 5.33. The van der Waals surface area contributed by atoms with Crippen molar-refractivity contribution in [3.63, 3.8) is 0 Å². The number of hydrogen-bond donors (Lipinski definition) is 0. The van der Waals surface area contributed by atoms with Crippen LogP contribution in [-0.2, 0) is 16.0 Å². The molecule has 0 aliphatic carbocycles. The van der Waals surface area contributed by atoms with Crippen molar-refractivity contribution < 1.29 is 14.0 Å². The molecule has 2 fully saturated rings. The lowest BCUT2D eigenvalue weighted by atomic mass is 9.73. The SMILES string of the molecule is Cc1noc(C)c1CN1CCC2OCCCC2(COC(C)C)C1. The number of rotatable bonds is 5. The van der Waals surface area contributed by atoms with E-state index in [1.807, 2.05) is 13.8 Å². The molecule has 0 spiro atoms. The number of aromatic nitrogens is 1. The number of nitrogens with zero attached hydrogens (tertiary/aromatic N) is 2. The van der Waals surface area contributed by atoms with Gasteiger partial charge in [-0.05, 0) is 47.0 Å². The maximum atomic E-state index is 6.11. The summed E-state index contributed by atoms with van der Waals surface area (Å²) < 4.78 is 17.5. The summed E-state index contributed by atoms with van der Waals surface area (Å²) in [7, 11) is 0. The Morgan fingerprint density at radius 3 is 2.91 bits per heavy atom. The normalized spacial score (nSPS) is 29.0. The summed E-state index contributed by atoms with van der Waals surface area (Å²) in [6.07, 6.45) is 4.03. The molecular weight excluding hydrogens is 292 g/mol. The standard InChI is InChI=1S/C18H30N2O3/c1-13(2)22-12-18-7-5-9-21-17(18)6-8-20(11-18)10-16-14(3)19-23-15(16)4/h13,17H,5-12H2,1-4H3. The summed E-state index contributed by atoms with van der Waals surface area (Å²) >= 11 is 0. The van der Waals surface area contributed by atoms with Gasteiger partial charge in [-0.2, -0.15) is 0 Å². The van der Waals surface area contributed by atoms with Crippen molar-refractivity contribution in [3.05, 3.63) is 17.0 Å². The van der Waals surface area contributed by atoms with Gasteiger partial charge in [0.15, 0.2) is 0 Å². The van der Waals surface area contributed by atoms with Gasteiger partial charge in [0.1, 0.15) is 5.76 Å². The molecule has 1 aromatic heterocycles. The van der Waals surface area contributed by atoms with Crippen LogP contribution in [0, 0.1) is 19.3 Å². The predicted octanol–water partition coefficient (Wildman–Crippen LogP) is 3.09. The Balaban J connectivity index is 1.72. The van der Waals surface area contributed by atoms with E-state index in [2.05, 4.69) is 23.9 Å². The highest BCUT2D eigenvalue weighted by Gasteiger charge is 2.46. The summed E-state index contributed by atoms with van der Waals surface area (Å²) in [6, 6.07) is 0. The maximum Gasteiger partial charge on any atom is 0.138 e. The minimum atomic E-state index is 0.139. The molecule has 2 saturated heterocycles. The molecule has 1 aromatic rings. The lowest BCUT2D eigenvalue weighted by molar-refractivity contribution is -0.159. The van der Waals surface area contributed by atoms with Crippen LogP contribution in [0.3, 0.4) is 0 Å². The third kappa shape index (κ3) is 3.62. The number of piperidine rings is 1. The van der Waals surface area contributed by atoms with Crippen LogP contribution in [-0.4, -0.2) is 48.6 Å². The second kappa shape index (κ2) is 6.91. The Hall–Kier alpha value is -0.910. The Bertz CT molecular complexity index is 509. The Labute approximate surface area is 139 Å². The van der Waals surface area contributed by atoms with Gasteiger partial charge in [-0.25, -0.2) is 0 Å². The van der Waals surface area contributed by atoms with Crippen LogP contribution in [0.2, 0.25) is 0 Å². The van der Waals surface area contributed by atoms with Gasteiger partial charge in [0.25, 0.3) is 0 Å². The van der Waals surface area contributed by atoms with Crippen molar-refractivity contribution >= 4 is 0 Å². The average Bonchev–Trinajstić information content (AvgIpc) is 2.85. The predicted molar refractivity (Wildman–Crippen MR) is 88.4 cm³/mol. The Morgan fingerprint density at radius 2 is 2.22 bits per heavy atom. The first-order chi connectivity index (χ1) is 11.0. The molecule has 3 rings (SSSR count). The lowest BCUT2D eigenvalue weighted by Gasteiger charge is -2.50. The number of ether oxygens (including phenoxy) is 2. The number of likely N-dealkylation sites (tertiary alicyclic amines) is 1. The van der Waals surface area contributed by atoms with Crippen molar-refractivity contribution in [2.75, 3.05) is 26.3 Å². The van der Waals surface area contributed by atoms with E-state index in [-0.39, 0.29) is 11.5 Å². The molecule has 0 saturated carbocycles. The van der Waals surface area contributed by atoms with E-state index in [1.165, 1.54) is 12.0 Å². The summed E-state index contributed by atoms with van der Waals surface area (Å²) in [5.41, 5.74) is 2.39. The van der Waals surface area contributed by atoms with Crippen molar-refractivity contribution in [2.45, 2.75) is 65.7 Å². The molecular formula is C18H30N2O3. The molecule has 0 radical (unpaired) electrons. The van der Waals surface area contributed by atoms with Gasteiger partial charge in [0.2, 0.25) is 0 Å². The van der Waals surface area contributed by atoms with Crippen molar-refractivity contribution in [2.24, 2.45) is 5.41 Å². The lowest BCUT2D eigenvalue weighted by Crippen LogP contribution is -2.56. The fourth-order valence-corrected chi connectivity index (χ4v) is 4.01. The second-order valence-electron chi connectivity index (χ2n) is 7.49. The molecule has 0 aromatic carbocycles. The summed E-state index contributed by atoms with van der Waals surface area (Å²) in [5.74, 6) is 0.942. The van der Waals surface area contributed by atoms with Crippen LogP contribution in [0.25, 0.3) is 0 Å². The zero-order chi connectivity index (χ0) is 16.4. The fraction of sp³-hybridized carbons (Fsp3) is 0.833. The quantitative estimate of drug-likeness (QED) is 0.834. The molecule has 130 valence electrons. The van der Waals surface area contributed by atoms with Crippen LogP contribution in [0.5, 0.6) is 0 Å². The second-order valence-corrected chi connectivity index (χ2v) is 7.49. The first-order valence-corrected chi connectivity index (χ1v) is 8.87. The highest BCUT2D eigenvalue weighted by molar-refractivity contribution is 5.20. The molecule has 3 heterocycles. The summed E-state index contributed by atoms with van der Waals surface area (Å²) in [6.45, 7) is 13.0. The van der Waals surface area contributed by atoms with Crippen LogP contribution < -0.4 is 0 Å². The molecule has 0 N–H and O–H groups in total. The molecule has 5 nitrogen and oxygen atoms in total.